The van der Waals surface area contributed by atoms with E-state index >= 15 is 0 Å². The van der Waals surface area contributed by atoms with Gasteiger partial charge in [-0.3, -0.25) is 0 Å². The van der Waals surface area contributed by atoms with Gasteiger partial charge in [0.2, 0.25) is 0 Å². The summed E-state index contributed by atoms with van der Waals surface area (Å²) in [6, 6.07) is 0.368. The molecule has 0 aromatic heterocycles. The lowest BCUT2D eigenvalue weighted by Crippen LogP contribution is -2.47. The second-order valence-electron chi connectivity index (χ2n) is 5.02. The molecule has 0 radical (unpaired) electrons. The summed E-state index contributed by atoms with van der Waals surface area (Å²) in [5.74, 6) is 0. The molecule has 0 saturated carbocycles. The summed E-state index contributed by atoms with van der Waals surface area (Å²) in [6.07, 6.45) is 2.80. The summed E-state index contributed by atoms with van der Waals surface area (Å²) in [6.45, 7) is 10.5. The Bertz CT molecular complexity index is 201. The van der Waals surface area contributed by atoms with E-state index in [1.807, 2.05) is 11.4 Å². The predicted molar refractivity (Wildman–Crippen MR) is 68.2 cm³/mol. The number of rotatable bonds is 6. The van der Waals surface area contributed by atoms with Gasteiger partial charge in [-0.1, -0.05) is 27.7 Å². The average molecular weight is 234 g/mol. The highest BCUT2D eigenvalue weighted by Crippen LogP contribution is 2.20. The van der Waals surface area contributed by atoms with Crippen LogP contribution in [0.25, 0.3) is 0 Å². The van der Waals surface area contributed by atoms with Gasteiger partial charge in [-0.05, 0) is 18.9 Å². The molecule has 0 aromatic rings. The Labute approximate surface area is 97.2 Å². The van der Waals surface area contributed by atoms with E-state index in [4.69, 9.17) is 0 Å². The van der Waals surface area contributed by atoms with Crippen LogP contribution in [0.1, 0.15) is 34.1 Å². The lowest BCUT2D eigenvalue weighted by molar-refractivity contribution is 0.238. The summed E-state index contributed by atoms with van der Waals surface area (Å²) in [7, 11) is 1.10. The molecule has 0 aliphatic heterocycles. The van der Waals surface area contributed by atoms with Gasteiger partial charge in [0.15, 0.2) is 0 Å². The van der Waals surface area contributed by atoms with Crippen LogP contribution >= 0.6 is 0 Å². The van der Waals surface area contributed by atoms with Crippen molar-refractivity contribution in [1.29, 1.82) is 0 Å². The highest BCUT2D eigenvalue weighted by Gasteiger charge is 2.25. The number of likely N-dealkylation sites (N-methyl/N-ethyl adjacent to an activating group) is 1. The van der Waals surface area contributed by atoms with Crippen LogP contribution in [0.2, 0.25) is 0 Å². The quantitative estimate of drug-likeness (QED) is 0.757. The van der Waals surface area contributed by atoms with E-state index < -0.39 is 11.0 Å². The van der Waals surface area contributed by atoms with Gasteiger partial charge < -0.3 is 5.32 Å². The van der Waals surface area contributed by atoms with E-state index in [-0.39, 0.29) is 5.41 Å². The molecule has 0 amide bonds. The van der Waals surface area contributed by atoms with Crippen LogP contribution in [0.5, 0.6) is 0 Å². The molecule has 0 spiro atoms. The van der Waals surface area contributed by atoms with Gasteiger partial charge >= 0.3 is 0 Å². The molecule has 15 heavy (non-hydrogen) atoms. The second kappa shape index (κ2) is 6.61. The highest BCUT2D eigenvalue weighted by atomic mass is 32.2. The summed E-state index contributed by atoms with van der Waals surface area (Å²) in [4.78, 5) is 0. The van der Waals surface area contributed by atoms with Gasteiger partial charge in [-0.25, -0.2) is 8.51 Å². The second-order valence-corrected chi connectivity index (χ2v) is 6.38. The minimum absolute atomic E-state index is 0.195. The molecular weight excluding hydrogens is 208 g/mol. The first-order chi connectivity index (χ1) is 6.82. The largest absolute Gasteiger partial charge is 0.315 e. The van der Waals surface area contributed by atoms with Gasteiger partial charge in [-0.2, -0.15) is 0 Å². The van der Waals surface area contributed by atoms with Crippen LogP contribution in [-0.4, -0.2) is 40.9 Å². The molecule has 0 heterocycles. The molecule has 1 N–H and O–H groups in total. The first-order valence-electron chi connectivity index (χ1n) is 5.58. The van der Waals surface area contributed by atoms with Gasteiger partial charge in [0, 0.05) is 25.4 Å². The maximum Gasteiger partial charge on any atom is 0.0911 e. The van der Waals surface area contributed by atoms with Crippen LogP contribution in [0.4, 0.5) is 0 Å². The van der Waals surface area contributed by atoms with Crippen molar-refractivity contribution < 1.29 is 4.21 Å². The van der Waals surface area contributed by atoms with E-state index in [9.17, 15) is 4.21 Å². The normalized spacial score (nSPS) is 16.7. The van der Waals surface area contributed by atoms with Crippen molar-refractivity contribution in [3.8, 4) is 0 Å². The smallest absolute Gasteiger partial charge is 0.0911 e. The number of hydrogen-bond acceptors (Lipinski definition) is 2. The van der Waals surface area contributed by atoms with Crippen molar-refractivity contribution in [3.05, 3.63) is 0 Å². The van der Waals surface area contributed by atoms with E-state index in [1.54, 1.807) is 6.26 Å². The molecular formula is C11H26N2OS. The third-order valence-corrected chi connectivity index (χ3v) is 3.68. The third-order valence-electron chi connectivity index (χ3n) is 2.62. The van der Waals surface area contributed by atoms with Gasteiger partial charge in [0.05, 0.1) is 11.0 Å². The molecule has 0 fully saturated rings. The third kappa shape index (κ3) is 5.64. The zero-order valence-electron chi connectivity index (χ0n) is 11.0. The molecule has 0 aliphatic carbocycles. The first-order valence-corrected chi connectivity index (χ1v) is 7.10. The Hall–Kier alpha value is 0.0700. The Balaban J connectivity index is 4.42. The summed E-state index contributed by atoms with van der Waals surface area (Å²) in [5.41, 5.74) is 0.195. The van der Waals surface area contributed by atoms with Crippen LogP contribution in [-0.2, 0) is 11.0 Å². The van der Waals surface area contributed by atoms with Crippen LogP contribution in [0.15, 0.2) is 0 Å². The van der Waals surface area contributed by atoms with E-state index in [0.29, 0.717) is 6.04 Å². The van der Waals surface area contributed by atoms with Crippen LogP contribution < -0.4 is 5.32 Å². The maximum absolute atomic E-state index is 11.5. The molecule has 0 aromatic carbocycles. The Morgan fingerprint density at radius 1 is 1.40 bits per heavy atom. The minimum Gasteiger partial charge on any atom is -0.315 e. The fourth-order valence-corrected chi connectivity index (χ4v) is 2.37. The van der Waals surface area contributed by atoms with E-state index in [2.05, 4.69) is 33.0 Å². The summed E-state index contributed by atoms with van der Waals surface area (Å²) in [5, 5.41) is 3.31. The van der Waals surface area contributed by atoms with Crippen molar-refractivity contribution in [2.24, 2.45) is 5.41 Å². The fraction of sp³-hybridized carbons (Fsp3) is 1.00. The average Bonchev–Trinajstić information content (AvgIpc) is 2.09. The lowest BCUT2D eigenvalue weighted by Gasteiger charge is -2.34. The molecule has 0 rings (SSSR count). The van der Waals surface area contributed by atoms with Crippen molar-refractivity contribution in [2.75, 3.05) is 26.4 Å². The summed E-state index contributed by atoms with van der Waals surface area (Å²) < 4.78 is 13.6. The zero-order valence-corrected chi connectivity index (χ0v) is 11.8. The highest BCUT2D eigenvalue weighted by molar-refractivity contribution is 7.81. The number of hydrogen-bond donors (Lipinski definition) is 1. The van der Waals surface area contributed by atoms with Crippen molar-refractivity contribution in [1.82, 2.24) is 9.62 Å². The molecule has 0 saturated heterocycles. The monoisotopic (exact) mass is 234 g/mol. The fourth-order valence-electron chi connectivity index (χ4n) is 1.58. The molecule has 0 bridgehead atoms. The van der Waals surface area contributed by atoms with Gasteiger partial charge in [0.25, 0.3) is 0 Å². The Kier molecular flexibility index (Phi) is 6.64. The molecule has 1 unspecified atom stereocenters. The first kappa shape index (κ1) is 15.1. The van der Waals surface area contributed by atoms with Crippen LogP contribution in [0, 0.1) is 5.41 Å². The van der Waals surface area contributed by atoms with Crippen LogP contribution in [0.3, 0.4) is 0 Å². The molecule has 4 heteroatoms. The minimum atomic E-state index is -0.867. The van der Waals surface area contributed by atoms with Crippen molar-refractivity contribution in [3.63, 3.8) is 0 Å². The van der Waals surface area contributed by atoms with Crippen molar-refractivity contribution >= 4 is 11.0 Å². The number of nitrogens with one attached hydrogen (secondary N) is 1. The van der Waals surface area contributed by atoms with Gasteiger partial charge in [-0.15, -0.1) is 0 Å². The van der Waals surface area contributed by atoms with E-state index in [0.717, 1.165) is 19.5 Å². The van der Waals surface area contributed by atoms with Crippen molar-refractivity contribution in [2.45, 2.75) is 40.2 Å². The maximum atomic E-state index is 11.5. The Morgan fingerprint density at radius 3 is 2.20 bits per heavy atom. The molecule has 2 atom stereocenters. The van der Waals surface area contributed by atoms with Gasteiger partial charge in [0.1, 0.15) is 0 Å². The molecule has 3 nitrogen and oxygen atoms in total. The number of nitrogens with zero attached hydrogens (tertiary/aromatic N) is 1. The summed E-state index contributed by atoms with van der Waals surface area (Å²) >= 11 is 0. The standard InChI is InChI=1S/C11H26N2OS/c1-7-8-13(15(6)14)9-10(12-5)11(2,3)4/h10,12H,7-9H2,1-6H3/t10-,15?/m1/s1. The lowest BCUT2D eigenvalue weighted by atomic mass is 9.87. The topological polar surface area (TPSA) is 32.3 Å². The SMILES string of the molecule is CCCN(C[C@@H](NC)C(C)(C)C)S(C)=O. The molecule has 0 aliphatic rings. The van der Waals surface area contributed by atoms with E-state index in [1.165, 1.54) is 0 Å². The predicted octanol–water partition coefficient (Wildman–Crippen LogP) is 1.63. The molecule has 92 valence electrons. The Morgan fingerprint density at radius 2 is 1.93 bits per heavy atom. The zero-order chi connectivity index (χ0) is 12.1.